The molecule has 2 heterocycles. The predicted octanol–water partition coefficient (Wildman–Crippen LogP) is 1.28. The molecule has 1 aliphatic rings. The van der Waals surface area contributed by atoms with E-state index in [2.05, 4.69) is 32.5 Å². The van der Waals surface area contributed by atoms with E-state index in [1.807, 2.05) is 7.05 Å². The summed E-state index contributed by atoms with van der Waals surface area (Å²) in [4.78, 5) is 10.8. The number of hydrogen-bond donors (Lipinski definition) is 2. The molecule has 0 bridgehead atoms. The Balaban J connectivity index is 1.99. The Labute approximate surface area is 114 Å². The summed E-state index contributed by atoms with van der Waals surface area (Å²) in [5.41, 5.74) is 0. The molecule has 0 spiro atoms. The number of nitrogens with one attached hydrogen (secondary N) is 2. The summed E-state index contributed by atoms with van der Waals surface area (Å²) in [5, 5.41) is 6.39. The van der Waals surface area contributed by atoms with Crippen LogP contribution in [0.2, 0.25) is 0 Å². The minimum Gasteiger partial charge on any atom is -0.490 e. The second kappa shape index (κ2) is 6.56. The molecule has 0 radical (unpaired) electrons. The lowest BCUT2D eigenvalue weighted by atomic mass is 9.98. The minimum atomic E-state index is 0.663. The lowest BCUT2D eigenvalue weighted by molar-refractivity contribution is 0.217. The fourth-order valence-electron chi connectivity index (χ4n) is 2.55. The SMILES string of the molecule is CNc1ncnc(NCC2CCCN(C)C2)c1OC. The second-order valence-electron chi connectivity index (χ2n) is 5.01. The number of anilines is 2. The fraction of sp³-hybridized carbons (Fsp3) is 0.692. The van der Waals surface area contributed by atoms with Crippen molar-refractivity contribution < 1.29 is 4.74 Å². The van der Waals surface area contributed by atoms with Gasteiger partial charge in [0, 0.05) is 20.1 Å². The third-order valence-electron chi connectivity index (χ3n) is 3.53. The van der Waals surface area contributed by atoms with Crippen LogP contribution in [-0.4, -0.2) is 55.7 Å². The fourth-order valence-corrected chi connectivity index (χ4v) is 2.55. The van der Waals surface area contributed by atoms with Crippen LogP contribution < -0.4 is 15.4 Å². The Hall–Kier alpha value is -1.56. The van der Waals surface area contributed by atoms with Crippen molar-refractivity contribution in [3.05, 3.63) is 6.33 Å². The molecule has 2 N–H and O–H groups in total. The van der Waals surface area contributed by atoms with Crippen molar-refractivity contribution in [1.82, 2.24) is 14.9 Å². The summed E-state index contributed by atoms with van der Waals surface area (Å²) in [7, 11) is 5.64. The van der Waals surface area contributed by atoms with Gasteiger partial charge in [-0.15, -0.1) is 0 Å². The Morgan fingerprint density at radius 3 is 2.89 bits per heavy atom. The van der Waals surface area contributed by atoms with Gasteiger partial charge in [0.25, 0.3) is 0 Å². The first kappa shape index (κ1) is 13.9. The van der Waals surface area contributed by atoms with Gasteiger partial charge in [-0.3, -0.25) is 0 Å². The van der Waals surface area contributed by atoms with Gasteiger partial charge in [0.05, 0.1) is 7.11 Å². The molecule has 0 aromatic carbocycles. The zero-order valence-corrected chi connectivity index (χ0v) is 11.9. The molecule has 2 rings (SSSR count). The molecule has 0 amide bonds. The summed E-state index contributed by atoms with van der Waals surface area (Å²) in [5.74, 6) is 2.81. The summed E-state index contributed by atoms with van der Waals surface area (Å²) in [6.45, 7) is 3.26. The predicted molar refractivity (Wildman–Crippen MR) is 76.8 cm³/mol. The summed E-state index contributed by atoms with van der Waals surface area (Å²) >= 11 is 0. The average Bonchev–Trinajstić information content (AvgIpc) is 2.44. The smallest absolute Gasteiger partial charge is 0.204 e. The van der Waals surface area contributed by atoms with Gasteiger partial charge < -0.3 is 20.3 Å². The topological polar surface area (TPSA) is 62.3 Å². The molecule has 1 unspecified atom stereocenters. The standard InChI is InChI=1S/C13H23N5O/c1-14-12-11(19-3)13(17-9-16-12)15-7-10-5-4-6-18(2)8-10/h9-10H,4-8H2,1-3H3,(H2,14,15,16,17). The first-order valence-electron chi connectivity index (χ1n) is 6.73. The lowest BCUT2D eigenvalue weighted by Crippen LogP contribution is -2.35. The minimum absolute atomic E-state index is 0.663. The van der Waals surface area contributed by atoms with Crippen LogP contribution >= 0.6 is 0 Å². The van der Waals surface area contributed by atoms with Crippen LogP contribution in [0.1, 0.15) is 12.8 Å². The molecule has 0 saturated carbocycles. The number of likely N-dealkylation sites (tertiary alicyclic amines) is 1. The van der Waals surface area contributed by atoms with Crippen LogP contribution in [0.5, 0.6) is 5.75 Å². The first-order chi connectivity index (χ1) is 9.24. The third kappa shape index (κ3) is 3.47. The highest BCUT2D eigenvalue weighted by molar-refractivity contribution is 5.63. The van der Waals surface area contributed by atoms with Gasteiger partial charge in [-0.2, -0.15) is 0 Å². The zero-order chi connectivity index (χ0) is 13.7. The molecule has 6 nitrogen and oxygen atoms in total. The molecule has 1 aliphatic heterocycles. The number of aromatic nitrogens is 2. The Morgan fingerprint density at radius 1 is 1.42 bits per heavy atom. The maximum atomic E-state index is 5.37. The van der Waals surface area contributed by atoms with E-state index in [0.717, 1.165) is 18.9 Å². The number of ether oxygens (including phenoxy) is 1. The molecule has 0 aliphatic carbocycles. The van der Waals surface area contributed by atoms with Crippen LogP contribution in [-0.2, 0) is 0 Å². The van der Waals surface area contributed by atoms with Crippen LogP contribution in [0.25, 0.3) is 0 Å². The largest absolute Gasteiger partial charge is 0.490 e. The van der Waals surface area contributed by atoms with Gasteiger partial charge in [0.15, 0.2) is 11.6 Å². The van der Waals surface area contributed by atoms with Crippen molar-refractivity contribution in [2.24, 2.45) is 5.92 Å². The highest BCUT2D eigenvalue weighted by Gasteiger charge is 2.18. The summed E-state index contributed by atoms with van der Waals surface area (Å²) < 4.78 is 5.37. The van der Waals surface area contributed by atoms with Crippen LogP contribution in [0.3, 0.4) is 0 Å². The molecule has 1 aromatic heterocycles. The molecule has 1 aromatic rings. The third-order valence-corrected chi connectivity index (χ3v) is 3.53. The van der Waals surface area contributed by atoms with Gasteiger partial charge in [-0.05, 0) is 32.4 Å². The van der Waals surface area contributed by atoms with Crippen LogP contribution in [0, 0.1) is 5.92 Å². The highest BCUT2D eigenvalue weighted by Crippen LogP contribution is 2.28. The van der Waals surface area contributed by atoms with Crippen molar-refractivity contribution in [3.63, 3.8) is 0 Å². The van der Waals surface area contributed by atoms with Crippen LogP contribution in [0.4, 0.5) is 11.6 Å². The van der Waals surface area contributed by atoms with E-state index in [-0.39, 0.29) is 0 Å². The Kier molecular flexibility index (Phi) is 4.79. The van der Waals surface area contributed by atoms with Gasteiger partial charge in [0.1, 0.15) is 6.33 Å². The number of methoxy groups -OCH3 is 1. The molecule has 1 atom stereocenters. The summed E-state index contributed by atoms with van der Waals surface area (Å²) in [6.07, 6.45) is 4.08. The van der Waals surface area contributed by atoms with Gasteiger partial charge in [0.2, 0.25) is 5.75 Å². The van der Waals surface area contributed by atoms with Gasteiger partial charge in [-0.25, -0.2) is 9.97 Å². The average molecular weight is 265 g/mol. The molecule has 1 saturated heterocycles. The van der Waals surface area contributed by atoms with Gasteiger partial charge >= 0.3 is 0 Å². The van der Waals surface area contributed by atoms with Crippen molar-refractivity contribution in [2.75, 3.05) is 51.5 Å². The van der Waals surface area contributed by atoms with E-state index in [9.17, 15) is 0 Å². The van der Waals surface area contributed by atoms with E-state index < -0.39 is 0 Å². The molecule has 19 heavy (non-hydrogen) atoms. The van der Waals surface area contributed by atoms with E-state index in [1.165, 1.54) is 19.4 Å². The van der Waals surface area contributed by atoms with Crippen molar-refractivity contribution in [3.8, 4) is 5.75 Å². The maximum Gasteiger partial charge on any atom is 0.204 e. The summed E-state index contributed by atoms with van der Waals surface area (Å²) in [6, 6.07) is 0. The molecular weight excluding hydrogens is 242 g/mol. The van der Waals surface area contributed by atoms with E-state index >= 15 is 0 Å². The molecule has 106 valence electrons. The van der Waals surface area contributed by atoms with Crippen LogP contribution in [0.15, 0.2) is 6.33 Å². The molecular formula is C13H23N5O. The monoisotopic (exact) mass is 265 g/mol. The maximum absolute atomic E-state index is 5.37. The van der Waals surface area contributed by atoms with E-state index in [1.54, 1.807) is 13.4 Å². The number of nitrogens with zero attached hydrogens (tertiary/aromatic N) is 3. The Morgan fingerprint density at radius 2 is 2.21 bits per heavy atom. The second-order valence-corrected chi connectivity index (χ2v) is 5.01. The molecule has 6 heteroatoms. The lowest BCUT2D eigenvalue weighted by Gasteiger charge is -2.30. The number of piperidine rings is 1. The number of hydrogen-bond acceptors (Lipinski definition) is 6. The van der Waals surface area contributed by atoms with Crippen molar-refractivity contribution >= 4 is 11.6 Å². The van der Waals surface area contributed by atoms with Crippen molar-refractivity contribution in [1.29, 1.82) is 0 Å². The molecule has 1 fully saturated rings. The van der Waals surface area contributed by atoms with E-state index in [4.69, 9.17) is 4.74 Å². The van der Waals surface area contributed by atoms with Gasteiger partial charge in [-0.1, -0.05) is 0 Å². The normalized spacial score (nSPS) is 20.1. The first-order valence-corrected chi connectivity index (χ1v) is 6.73. The van der Waals surface area contributed by atoms with E-state index in [0.29, 0.717) is 17.5 Å². The number of rotatable bonds is 5. The van der Waals surface area contributed by atoms with Crippen molar-refractivity contribution in [2.45, 2.75) is 12.8 Å². The Bertz CT molecular complexity index is 412. The highest BCUT2D eigenvalue weighted by atomic mass is 16.5. The quantitative estimate of drug-likeness (QED) is 0.836. The zero-order valence-electron chi connectivity index (χ0n) is 11.9.